The predicted octanol–water partition coefficient (Wildman–Crippen LogP) is -0.893. The van der Waals surface area contributed by atoms with Crippen molar-refractivity contribution in [1.82, 2.24) is 10.2 Å². The van der Waals surface area contributed by atoms with Crippen molar-refractivity contribution >= 4 is 12.3 Å². The van der Waals surface area contributed by atoms with Gasteiger partial charge in [-0.2, -0.15) is 0 Å². The van der Waals surface area contributed by atoms with Gasteiger partial charge in [0.25, 0.3) is 0 Å². The highest BCUT2D eigenvalue weighted by Gasteiger charge is 2.32. The number of amides is 1. The van der Waals surface area contributed by atoms with Crippen molar-refractivity contribution < 1.29 is 19.4 Å². The SMILES string of the molecule is CNC1C(=O)N(CC([NH-])OC=[NH2+])CCc2ccoc21. The maximum Gasteiger partial charge on any atom is 0.319 e. The van der Waals surface area contributed by atoms with Crippen LogP contribution in [0.3, 0.4) is 0 Å². The van der Waals surface area contributed by atoms with Gasteiger partial charge in [0.2, 0.25) is 5.91 Å². The molecule has 0 saturated carbocycles. The third kappa shape index (κ3) is 2.77. The Morgan fingerprint density at radius 1 is 1.79 bits per heavy atom. The Kier molecular flexibility index (Phi) is 4.18. The van der Waals surface area contributed by atoms with Crippen LogP contribution < -0.4 is 10.7 Å². The first kappa shape index (κ1) is 13.6. The van der Waals surface area contributed by atoms with Crippen LogP contribution in [0.1, 0.15) is 17.4 Å². The summed E-state index contributed by atoms with van der Waals surface area (Å²) >= 11 is 0. The van der Waals surface area contributed by atoms with E-state index in [0.29, 0.717) is 18.7 Å². The lowest BCUT2D eigenvalue weighted by Crippen LogP contribution is -2.43. The van der Waals surface area contributed by atoms with Crippen molar-refractivity contribution in [3.63, 3.8) is 0 Å². The summed E-state index contributed by atoms with van der Waals surface area (Å²) < 4.78 is 10.2. The molecule has 0 saturated heterocycles. The number of carbonyl (C=O) groups is 1. The van der Waals surface area contributed by atoms with E-state index in [2.05, 4.69) is 5.32 Å². The number of carbonyl (C=O) groups excluding carboxylic acids is 1. The number of nitrogens with one attached hydrogen (secondary N) is 2. The van der Waals surface area contributed by atoms with Gasteiger partial charge in [-0.15, -0.1) is 0 Å². The Bertz CT molecular complexity index is 460. The molecule has 0 spiro atoms. The van der Waals surface area contributed by atoms with E-state index in [1.165, 1.54) is 0 Å². The topological polar surface area (TPSA) is 104 Å². The normalized spacial score (nSPS) is 20.6. The molecule has 1 aliphatic heterocycles. The average Bonchev–Trinajstić information content (AvgIpc) is 2.79. The van der Waals surface area contributed by atoms with Gasteiger partial charge in [0.15, 0.2) is 0 Å². The van der Waals surface area contributed by atoms with E-state index in [0.717, 1.165) is 12.0 Å². The number of hydrogen-bond acceptors (Lipinski definition) is 4. The highest BCUT2D eigenvalue weighted by atomic mass is 16.5. The fourth-order valence-electron chi connectivity index (χ4n) is 2.24. The highest BCUT2D eigenvalue weighted by Crippen LogP contribution is 2.25. The van der Waals surface area contributed by atoms with Crippen LogP contribution in [0.5, 0.6) is 0 Å². The molecule has 0 aromatic carbocycles. The van der Waals surface area contributed by atoms with E-state index in [1.54, 1.807) is 18.2 Å². The van der Waals surface area contributed by atoms with Crippen LogP contribution in [0, 0.1) is 0 Å². The zero-order chi connectivity index (χ0) is 13.8. The van der Waals surface area contributed by atoms with Gasteiger partial charge in [-0.1, -0.05) is 0 Å². The molecule has 2 rings (SSSR count). The minimum Gasteiger partial charge on any atom is -0.639 e. The van der Waals surface area contributed by atoms with Crippen molar-refractivity contribution in [3.8, 4) is 0 Å². The summed E-state index contributed by atoms with van der Waals surface area (Å²) in [4.78, 5) is 14.0. The molecule has 0 aliphatic carbocycles. The minimum atomic E-state index is -0.879. The number of furan rings is 1. The minimum absolute atomic E-state index is 0.117. The average molecular weight is 266 g/mol. The van der Waals surface area contributed by atoms with E-state index in [1.807, 2.05) is 6.07 Å². The quantitative estimate of drug-likeness (QED) is 0.532. The summed E-state index contributed by atoms with van der Waals surface area (Å²) in [5.41, 5.74) is 8.66. The van der Waals surface area contributed by atoms with Gasteiger partial charge >= 0.3 is 6.40 Å². The van der Waals surface area contributed by atoms with E-state index in [9.17, 15) is 4.79 Å². The first-order valence-electron chi connectivity index (χ1n) is 6.09. The van der Waals surface area contributed by atoms with E-state index >= 15 is 0 Å². The molecule has 0 radical (unpaired) electrons. The molecule has 1 aromatic heterocycles. The third-order valence-corrected chi connectivity index (χ3v) is 3.17. The number of fused-ring (bicyclic) bond motifs is 1. The summed E-state index contributed by atoms with van der Waals surface area (Å²) in [5, 5.41) is 8.06. The Balaban J connectivity index is 2.15. The van der Waals surface area contributed by atoms with Crippen molar-refractivity contribution in [3.05, 3.63) is 29.4 Å². The lowest BCUT2D eigenvalue weighted by molar-refractivity contribution is -0.139. The number of likely N-dealkylation sites (N-methyl/N-ethyl adjacent to an activating group) is 1. The number of hydrogen-bond donors (Lipinski definition) is 2. The molecule has 1 aliphatic rings. The second-order valence-electron chi connectivity index (χ2n) is 4.33. The molecule has 0 bridgehead atoms. The number of nitrogens with zero attached hydrogens (tertiary/aromatic N) is 1. The van der Waals surface area contributed by atoms with E-state index in [4.69, 9.17) is 20.3 Å². The Morgan fingerprint density at radius 2 is 2.58 bits per heavy atom. The molecule has 2 heterocycles. The summed E-state index contributed by atoms with van der Waals surface area (Å²) in [6, 6.07) is 1.36. The third-order valence-electron chi connectivity index (χ3n) is 3.17. The van der Waals surface area contributed by atoms with Gasteiger partial charge in [0.1, 0.15) is 11.8 Å². The van der Waals surface area contributed by atoms with Gasteiger partial charge in [-0.25, -0.2) is 5.41 Å². The maximum absolute atomic E-state index is 12.4. The molecule has 0 fully saturated rings. The number of rotatable bonds is 5. The van der Waals surface area contributed by atoms with Crippen LogP contribution >= 0.6 is 0 Å². The predicted molar refractivity (Wildman–Crippen MR) is 68.0 cm³/mol. The second-order valence-corrected chi connectivity index (χ2v) is 4.33. The maximum atomic E-state index is 12.4. The number of ether oxygens (including phenoxy) is 1. The van der Waals surface area contributed by atoms with Gasteiger partial charge in [-0.05, 0) is 25.1 Å². The smallest absolute Gasteiger partial charge is 0.319 e. The molecule has 1 aromatic rings. The van der Waals surface area contributed by atoms with Crippen molar-refractivity contribution in [2.24, 2.45) is 0 Å². The summed E-state index contributed by atoms with van der Waals surface area (Å²) in [6.45, 7) is 0.710. The Labute approximate surface area is 111 Å². The van der Waals surface area contributed by atoms with Crippen LogP contribution in [0.2, 0.25) is 0 Å². The molecule has 2 atom stereocenters. The standard InChI is InChI=1S/C12H17N4O3/c1-15-10-11-8(3-5-18-11)2-4-16(12(10)17)6-9(14)19-7-13/h3,5,7,9-10,13-15H,2,4,6H2,1H3/q-1/p+1. The van der Waals surface area contributed by atoms with Gasteiger partial charge in [0, 0.05) is 19.3 Å². The molecular formula is C12H18N4O3. The summed E-state index contributed by atoms with van der Waals surface area (Å²) in [5.74, 6) is 0.539. The van der Waals surface area contributed by atoms with Crippen molar-refractivity contribution in [2.45, 2.75) is 18.7 Å². The van der Waals surface area contributed by atoms with Crippen LogP contribution in [0.25, 0.3) is 5.73 Å². The molecule has 2 unspecified atom stereocenters. The molecule has 7 nitrogen and oxygen atoms in total. The largest absolute Gasteiger partial charge is 0.639 e. The van der Waals surface area contributed by atoms with Gasteiger partial charge in [0.05, 0.1) is 6.26 Å². The Hall–Kier alpha value is -1.86. The first-order chi connectivity index (χ1) is 9.17. The Morgan fingerprint density at radius 3 is 3.26 bits per heavy atom. The van der Waals surface area contributed by atoms with Crippen molar-refractivity contribution in [2.75, 3.05) is 20.1 Å². The lowest BCUT2D eigenvalue weighted by atomic mass is 10.1. The van der Waals surface area contributed by atoms with Gasteiger partial charge < -0.3 is 25.1 Å². The molecule has 19 heavy (non-hydrogen) atoms. The number of nitrogens with two attached hydrogens (primary N) is 1. The second kappa shape index (κ2) is 5.85. The van der Waals surface area contributed by atoms with Crippen molar-refractivity contribution in [1.29, 1.82) is 0 Å². The van der Waals surface area contributed by atoms with Crippen LogP contribution in [-0.2, 0) is 16.0 Å². The van der Waals surface area contributed by atoms with E-state index in [-0.39, 0.29) is 12.5 Å². The summed E-state index contributed by atoms with van der Waals surface area (Å²) in [7, 11) is 1.71. The molecule has 104 valence electrons. The fourth-order valence-corrected chi connectivity index (χ4v) is 2.24. The zero-order valence-corrected chi connectivity index (χ0v) is 10.8. The van der Waals surface area contributed by atoms with Crippen LogP contribution in [0.15, 0.2) is 16.7 Å². The summed E-state index contributed by atoms with van der Waals surface area (Å²) in [6.07, 6.45) is 2.39. The van der Waals surface area contributed by atoms with Gasteiger partial charge in [-0.3, -0.25) is 4.79 Å². The van der Waals surface area contributed by atoms with Crippen LogP contribution in [-0.4, -0.2) is 43.6 Å². The fraction of sp³-hybridized carbons (Fsp3) is 0.500. The van der Waals surface area contributed by atoms with E-state index < -0.39 is 12.3 Å². The molecular weight excluding hydrogens is 248 g/mol. The zero-order valence-electron chi connectivity index (χ0n) is 10.8. The highest BCUT2D eigenvalue weighted by molar-refractivity contribution is 5.83. The first-order valence-corrected chi connectivity index (χ1v) is 6.09. The molecule has 7 heteroatoms. The molecule has 4 N–H and O–H groups in total. The monoisotopic (exact) mass is 266 g/mol. The lowest BCUT2D eigenvalue weighted by Gasteiger charge is -2.29. The molecule has 1 amide bonds. The van der Waals surface area contributed by atoms with Crippen LogP contribution in [0.4, 0.5) is 0 Å².